The first-order valence-corrected chi connectivity index (χ1v) is 12.9. The smallest absolute Gasteiger partial charge is 0.232 e. The van der Waals surface area contributed by atoms with Crippen molar-refractivity contribution in [1.29, 1.82) is 10.5 Å². The van der Waals surface area contributed by atoms with Gasteiger partial charge in [-0.3, -0.25) is 4.90 Å². The highest BCUT2D eigenvalue weighted by molar-refractivity contribution is 6.36. The quantitative estimate of drug-likeness (QED) is 0.458. The molecule has 12 heteroatoms. The standard InChI is InChI=1S/C25H27ClN10O/c1-37-7-6-35-18-4-5-19(35)14-34(13-18)21-9-15(10-27)8-20(22(21)26)31-24-32-23-16(11-28)12-29-36(23)25(33-24)30-17-2-3-17/h8-9,12,17-19H,2-7,13-14H2,1H3,(H2,30,31,32,33). The summed E-state index contributed by atoms with van der Waals surface area (Å²) in [6, 6.07) is 9.15. The highest BCUT2D eigenvalue weighted by Gasteiger charge is 2.40. The van der Waals surface area contributed by atoms with Crippen molar-refractivity contribution < 1.29 is 4.74 Å². The predicted molar refractivity (Wildman–Crippen MR) is 139 cm³/mol. The molecule has 37 heavy (non-hydrogen) atoms. The molecule has 1 aromatic carbocycles. The van der Waals surface area contributed by atoms with Gasteiger partial charge in [-0.25, -0.2) is 0 Å². The summed E-state index contributed by atoms with van der Waals surface area (Å²) in [4.78, 5) is 14.0. The van der Waals surface area contributed by atoms with Gasteiger partial charge in [-0.15, -0.1) is 0 Å². The fourth-order valence-corrected chi connectivity index (χ4v) is 5.66. The summed E-state index contributed by atoms with van der Waals surface area (Å²) in [5, 5.41) is 30.7. The Morgan fingerprint density at radius 1 is 1.11 bits per heavy atom. The Labute approximate surface area is 219 Å². The van der Waals surface area contributed by atoms with Gasteiger partial charge in [0.15, 0.2) is 5.65 Å². The molecular weight excluding hydrogens is 492 g/mol. The van der Waals surface area contributed by atoms with Crippen molar-refractivity contribution in [3.05, 3.63) is 34.5 Å². The zero-order valence-corrected chi connectivity index (χ0v) is 21.2. The number of anilines is 4. The molecule has 2 atom stereocenters. The normalized spacial score (nSPS) is 21.1. The highest BCUT2D eigenvalue weighted by atomic mass is 35.5. The van der Waals surface area contributed by atoms with Gasteiger partial charge < -0.3 is 20.3 Å². The van der Waals surface area contributed by atoms with Crippen LogP contribution in [0.1, 0.15) is 36.8 Å². The van der Waals surface area contributed by atoms with Crippen molar-refractivity contribution in [2.45, 2.75) is 43.8 Å². The average Bonchev–Trinajstić information content (AvgIpc) is 3.57. The van der Waals surface area contributed by atoms with Crippen LogP contribution in [0.5, 0.6) is 0 Å². The Hall–Kier alpha value is -3.64. The Kier molecular flexibility index (Phi) is 6.21. The summed E-state index contributed by atoms with van der Waals surface area (Å²) in [7, 11) is 1.74. The van der Waals surface area contributed by atoms with Gasteiger partial charge >= 0.3 is 0 Å². The van der Waals surface area contributed by atoms with Gasteiger partial charge in [0.1, 0.15) is 11.6 Å². The molecule has 4 heterocycles. The molecule has 3 aromatic rings. The van der Waals surface area contributed by atoms with E-state index in [0.29, 0.717) is 51.6 Å². The molecule has 2 N–H and O–H groups in total. The van der Waals surface area contributed by atoms with Crippen LogP contribution in [0.15, 0.2) is 18.3 Å². The average molecular weight is 519 g/mol. The number of methoxy groups -OCH3 is 1. The van der Waals surface area contributed by atoms with Gasteiger partial charge in [0, 0.05) is 44.9 Å². The topological polar surface area (TPSA) is 130 Å². The van der Waals surface area contributed by atoms with Crippen LogP contribution >= 0.6 is 11.6 Å². The predicted octanol–water partition coefficient (Wildman–Crippen LogP) is 3.14. The Morgan fingerprint density at radius 3 is 2.57 bits per heavy atom. The number of piperazine rings is 1. The third-order valence-corrected chi connectivity index (χ3v) is 7.75. The fraction of sp³-hybridized carbons (Fsp3) is 0.480. The van der Waals surface area contributed by atoms with Crippen LogP contribution in [0.25, 0.3) is 5.65 Å². The maximum absolute atomic E-state index is 9.78. The summed E-state index contributed by atoms with van der Waals surface area (Å²) in [6.45, 7) is 3.33. The van der Waals surface area contributed by atoms with Crippen LogP contribution in [0.2, 0.25) is 5.02 Å². The molecule has 2 aliphatic heterocycles. The van der Waals surface area contributed by atoms with Gasteiger partial charge in [0.05, 0.1) is 40.8 Å². The molecule has 1 saturated carbocycles. The van der Waals surface area contributed by atoms with Gasteiger partial charge in [0.25, 0.3) is 0 Å². The number of benzene rings is 1. The first-order chi connectivity index (χ1) is 18.1. The number of aromatic nitrogens is 4. The fourth-order valence-electron chi connectivity index (χ4n) is 5.38. The molecule has 3 aliphatic rings. The Morgan fingerprint density at radius 2 is 1.89 bits per heavy atom. The third-order valence-electron chi connectivity index (χ3n) is 7.36. The molecule has 1 aliphatic carbocycles. The minimum absolute atomic E-state index is 0.278. The molecule has 2 saturated heterocycles. The Balaban J connectivity index is 1.32. The number of halogens is 1. The lowest BCUT2D eigenvalue weighted by atomic mass is 10.1. The summed E-state index contributed by atoms with van der Waals surface area (Å²) in [6.07, 6.45) is 5.88. The first kappa shape index (κ1) is 23.7. The molecular formula is C25H27ClN10O. The minimum atomic E-state index is 0.278. The number of rotatable bonds is 8. The monoisotopic (exact) mass is 518 g/mol. The van der Waals surface area contributed by atoms with Crippen molar-refractivity contribution in [3.63, 3.8) is 0 Å². The van der Waals surface area contributed by atoms with Crippen LogP contribution in [0.3, 0.4) is 0 Å². The molecule has 2 bridgehead atoms. The SMILES string of the molecule is COCCN1C2CCC1CN(c1cc(C#N)cc(Nc3nc(NC4CC4)n4ncc(C#N)c4n3)c1Cl)C2. The Bertz CT molecular complexity index is 1410. The van der Waals surface area contributed by atoms with E-state index in [1.165, 1.54) is 6.20 Å². The van der Waals surface area contributed by atoms with Crippen LogP contribution in [-0.4, -0.2) is 76.0 Å². The number of ether oxygens (including phenoxy) is 1. The number of nitriles is 2. The van der Waals surface area contributed by atoms with Crippen molar-refractivity contribution in [3.8, 4) is 12.1 Å². The van der Waals surface area contributed by atoms with E-state index < -0.39 is 0 Å². The molecule has 0 amide bonds. The summed E-state index contributed by atoms with van der Waals surface area (Å²) >= 11 is 6.96. The number of hydrogen-bond donors (Lipinski definition) is 2. The van der Waals surface area contributed by atoms with Crippen molar-refractivity contribution in [2.24, 2.45) is 0 Å². The van der Waals surface area contributed by atoms with Gasteiger partial charge in [-0.2, -0.15) is 30.1 Å². The van der Waals surface area contributed by atoms with E-state index in [2.05, 4.69) is 47.6 Å². The number of nitrogens with one attached hydrogen (secondary N) is 2. The second-order valence-electron chi connectivity index (χ2n) is 9.81. The van der Waals surface area contributed by atoms with Gasteiger partial charge in [-0.05, 0) is 37.8 Å². The second kappa shape index (κ2) is 9.67. The maximum atomic E-state index is 9.78. The van der Waals surface area contributed by atoms with E-state index in [-0.39, 0.29) is 5.95 Å². The van der Waals surface area contributed by atoms with E-state index in [1.807, 2.05) is 6.07 Å². The van der Waals surface area contributed by atoms with Crippen molar-refractivity contribution in [2.75, 3.05) is 48.9 Å². The van der Waals surface area contributed by atoms with E-state index in [9.17, 15) is 10.5 Å². The molecule has 2 aromatic heterocycles. The zero-order chi connectivity index (χ0) is 25.5. The number of fused-ring (bicyclic) bond motifs is 3. The van der Waals surface area contributed by atoms with E-state index in [4.69, 9.17) is 16.3 Å². The van der Waals surface area contributed by atoms with Crippen LogP contribution in [0, 0.1) is 22.7 Å². The summed E-state index contributed by atoms with van der Waals surface area (Å²) < 4.78 is 6.85. The lowest BCUT2D eigenvalue weighted by Gasteiger charge is -2.42. The van der Waals surface area contributed by atoms with Crippen LogP contribution in [0.4, 0.5) is 23.3 Å². The van der Waals surface area contributed by atoms with Gasteiger partial charge in [-0.1, -0.05) is 11.6 Å². The summed E-state index contributed by atoms with van der Waals surface area (Å²) in [5.74, 6) is 0.785. The molecule has 11 nitrogen and oxygen atoms in total. The largest absolute Gasteiger partial charge is 0.383 e. The minimum Gasteiger partial charge on any atom is -0.383 e. The zero-order valence-electron chi connectivity index (χ0n) is 20.5. The van der Waals surface area contributed by atoms with Crippen molar-refractivity contribution in [1.82, 2.24) is 24.5 Å². The molecule has 2 unspecified atom stereocenters. The molecule has 6 rings (SSSR count). The van der Waals surface area contributed by atoms with E-state index >= 15 is 0 Å². The van der Waals surface area contributed by atoms with E-state index in [1.54, 1.807) is 17.7 Å². The van der Waals surface area contributed by atoms with Gasteiger partial charge in [0.2, 0.25) is 11.9 Å². The second-order valence-corrected chi connectivity index (χ2v) is 10.2. The van der Waals surface area contributed by atoms with Crippen LogP contribution in [-0.2, 0) is 4.74 Å². The highest BCUT2D eigenvalue weighted by Crippen LogP contribution is 2.40. The lowest BCUT2D eigenvalue weighted by molar-refractivity contribution is 0.106. The molecule has 0 radical (unpaired) electrons. The number of hydrogen-bond acceptors (Lipinski definition) is 10. The van der Waals surface area contributed by atoms with Crippen LogP contribution < -0.4 is 15.5 Å². The van der Waals surface area contributed by atoms with Crippen molar-refractivity contribution >= 4 is 40.5 Å². The van der Waals surface area contributed by atoms with E-state index in [0.717, 1.165) is 57.6 Å². The molecule has 190 valence electrons. The molecule has 3 fully saturated rings. The lowest BCUT2D eigenvalue weighted by Crippen LogP contribution is -2.54. The maximum Gasteiger partial charge on any atom is 0.232 e. The first-order valence-electron chi connectivity index (χ1n) is 12.5. The molecule has 0 spiro atoms. The number of nitrogens with zero attached hydrogens (tertiary/aromatic N) is 8. The summed E-state index contributed by atoms with van der Waals surface area (Å²) in [5.41, 5.74) is 2.62. The third kappa shape index (κ3) is 4.51.